The third-order valence-corrected chi connectivity index (χ3v) is 2.43. The first kappa shape index (κ1) is 14.1. The van der Waals surface area contributed by atoms with E-state index >= 15 is 0 Å². The molecule has 0 bridgehead atoms. The van der Waals surface area contributed by atoms with Gasteiger partial charge < -0.3 is 21.5 Å². The van der Waals surface area contributed by atoms with Gasteiger partial charge in [0.05, 0.1) is 6.42 Å². The molecular formula is C12H17N3O3. The van der Waals surface area contributed by atoms with Crippen molar-refractivity contribution < 1.29 is 14.3 Å². The van der Waals surface area contributed by atoms with Gasteiger partial charge in [-0.2, -0.15) is 0 Å². The molecule has 18 heavy (non-hydrogen) atoms. The minimum atomic E-state index is -0.716. The van der Waals surface area contributed by atoms with Crippen LogP contribution in [0.2, 0.25) is 0 Å². The molecule has 1 rings (SSSR count). The lowest BCUT2D eigenvalue weighted by Gasteiger charge is -2.15. The van der Waals surface area contributed by atoms with E-state index in [4.69, 9.17) is 16.2 Å². The smallest absolute Gasteiger partial charge is 0.254 e. The first-order chi connectivity index (χ1) is 8.58. The molecule has 1 unspecified atom stereocenters. The minimum absolute atomic E-state index is 0.0662. The number of amides is 2. The first-order valence-electron chi connectivity index (χ1n) is 5.48. The van der Waals surface area contributed by atoms with Crippen molar-refractivity contribution in [3.8, 4) is 0 Å². The molecule has 5 N–H and O–H groups in total. The number of para-hydroxylation sites is 1. The van der Waals surface area contributed by atoms with Crippen LogP contribution in [-0.2, 0) is 20.7 Å². The Balaban J connectivity index is 2.83. The molecule has 0 aromatic heterocycles. The molecule has 0 aliphatic carbocycles. The quantitative estimate of drug-likeness (QED) is 0.641. The highest BCUT2D eigenvalue weighted by atomic mass is 16.5. The van der Waals surface area contributed by atoms with Crippen LogP contribution < -0.4 is 16.8 Å². The first-order valence-corrected chi connectivity index (χ1v) is 5.48. The van der Waals surface area contributed by atoms with E-state index in [1.165, 1.54) is 7.11 Å². The number of carbonyl (C=O) groups excluding carboxylic acids is 2. The maximum absolute atomic E-state index is 11.8. The molecule has 0 spiro atoms. The van der Waals surface area contributed by atoms with Crippen molar-refractivity contribution in [3.63, 3.8) is 0 Å². The summed E-state index contributed by atoms with van der Waals surface area (Å²) < 4.78 is 4.93. The second-order valence-corrected chi connectivity index (χ2v) is 3.75. The van der Waals surface area contributed by atoms with E-state index in [0.29, 0.717) is 11.3 Å². The lowest BCUT2D eigenvalue weighted by molar-refractivity contribution is -0.125. The summed E-state index contributed by atoms with van der Waals surface area (Å²) in [6.45, 7) is 0.0837. The third kappa shape index (κ3) is 3.83. The fourth-order valence-electron chi connectivity index (χ4n) is 1.51. The Bertz CT molecular complexity index is 430. The molecule has 0 heterocycles. The Morgan fingerprint density at radius 1 is 1.39 bits per heavy atom. The van der Waals surface area contributed by atoms with Gasteiger partial charge in [-0.1, -0.05) is 18.2 Å². The van der Waals surface area contributed by atoms with Gasteiger partial charge in [-0.25, -0.2) is 0 Å². The Hall–Kier alpha value is -1.92. The normalized spacial score (nSPS) is 11.9. The maximum Gasteiger partial charge on any atom is 0.254 e. The molecule has 0 radical (unpaired) electrons. The van der Waals surface area contributed by atoms with Crippen LogP contribution in [0, 0.1) is 0 Å². The van der Waals surface area contributed by atoms with E-state index in [1.54, 1.807) is 24.3 Å². The predicted molar refractivity (Wildman–Crippen MR) is 67.8 cm³/mol. The number of carbonyl (C=O) groups is 2. The van der Waals surface area contributed by atoms with Crippen molar-refractivity contribution in [2.45, 2.75) is 12.5 Å². The second-order valence-electron chi connectivity index (χ2n) is 3.75. The number of hydrogen-bond donors (Lipinski definition) is 3. The molecule has 1 atom stereocenters. The molecule has 0 aliphatic heterocycles. The lowest BCUT2D eigenvalue weighted by atomic mass is 10.1. The number of benzene rings is 1. The highest BCUT2D eigenvalue weighted by Crippen LogP contribution is 2.15. The van der Waals surface area contributed by atoms with E-state index in [9.17, 15) is 9.59 Å². The van der Waals surface area contributed by atoms with Gasteiger partial charge in [0.15, 0.2) is 0 Å². The van der Waals surface area contributed by atoms with Gasteiger partial charge in [0.1, 0.15) is 6.10 Å². The molecule has 0 aliphatic rings. The summed E-state index contributed by atoms with van der Waals surface area (Å²) in [4.78, 5) is 22.7. The van der Waals surface area contributed by atoms with Crippen molar-refractivity contribution in [2.75, 3.05) is 19.0 Å². The topological polar surface area (TPSA) is 107 Å². The van der Waals surface area contributed by atoms with Crippen molar-refractivity contribution >= 4 is 17.5 Å². The van der Waals surface area contributed by atoms with Crippen molar-refractivity contribution in [3.05, 3.63) is 29.8 Å². The predicted octanol–water partition coefficient (Wildman–Crippen LogP) is -0.373. The zero-order valence-electron chi connectivity index (χ0n) is 10.2. The number of primary amides is 1. The molecule has 0 saturated carbocycles. The number of hydrogen-bond acceptors (Lipinski definition) is 4. The van der Waals surface area contributed by atoms with Crippen LogP contribution in [-0.4, -0.2) is 31.6 Å². The lowest BCUT2D eigenvalue weighted by Crippen LogP contribution is -2.36. The van der Waals surface area contributed by atoms with Crippen LogP contribution in [0.5, 0.6) is 0 Å². The minimum Gasteiger partial charge on any atom is -0.370 e. The Morgan fingerprint density at radius 3 is 2.61 bits per heavy atom. The monoisotopic (exact) mass is 251 g/mol. The Labute approximate surface area is 105 Å². The summed E-state index contributed by atoms with van der Waals surface area (Å²) in [5.74, 6) is -0.810. The van der Waals surface area contributed by atoms with Crippen molar-refractivity contribution in [1.82, 2.24) is 0 Å². The van der Waals surface area contributed by atoms with Gasteiger partial charge in [0, 0.05) is 19.3 Å². The van der Waals surface area contributed by atoms with Crippen molar-refractivity contribution in [2.24, 2.45) is 11.5 Å². The fourth-order valence-corrected chi connectivity index (χ4v) is 1.51. The van der Waals surface area contributed by atoms with Crippen LogP contribution in [0.15, 0.2) is 24.3 Å². The highest BCUT2D eigenvalue weighted by Gasteiger charge is 2.17. The molecular weight excluding hydrogens is 234 g/mol. The molecule has 6 heteroatoms. The highest BCUT2D eigenvalue weighted by molar-refractivity contribution is 5.95. The zero-order valence-corrected chi connectivity index (χ0v) is 10.2. The number of ether oxygens (including phenoxy) is 1. The maximum atomic E-state index is 11.8. The number of nitrogens with two attached hydrogens (primary N) is 2. The van der Waals surface area contributed by atoms with Gasteiger partial charge in [-0.15, -0.1) is 0 Å². The second kappa shape index (κ2) is 6.73. The Morgan fingerprint density at radius 2 is 2.06 bits per heavy atom. The largest absolute Gasteiger partial charge is 0.370 e. The van der Waals surface area contributed by atoms with Gasteiger partial charge in [0.2, 0.25) is 5.91 Å². The number of methoxy groups -OCH3 is 1. The van der Waals surface area contributed by atoms with Crippen LogP contribution in [0.25, 0.3) is 0 Å². The summed E-state index contributed by atoms with van der Waals surface area (Å²) >= 11 is 0. The molecule has 1 aromatic rings. The van der Waals surface area contributed by atoms with E-state index in [1.807, 2.05) is 0 Å². The summed E-state index contributed by atoms with van der Waals surface area (Å²) in [6, 6.07) is 6.94. The van der Waals surface area contributed by atoms with E-state index in [2.05, 4.69) is 5.32 Å². The third-order valence-electron chi connectivity index (χ3n) is 2.43. The van der Waals surface area contributed by atoms with Crippen molar-refractivity contribution in [1.29, 1.82) is 0 Å². The number of nitrogens with one attached hydrogen (secondary N) is 1. The fraction of sp³-hybridized carbons (Fsp3) is 0.333. The molecule has 2 amide bonds. The van der Waals surface area contributed by atoms with E-state index in [-0.39, 0.29) is 18.9 Å². The van der Waals surface area contributed by atoms with E-state index in [0.717, 1.165) is 0 Å². The Kier molecular flexibility index (Phi) is 5.29. The summed E-state index contributed by atoms with van der Waals surface area (Å²) in [5, 5.41) is 2.67. The average molecular weight is 251 g/mol. The number of rotatable bonds is 6. The molecule has 1 aromatic carbocycles. The average Bonchev–Trinajstić information content (AvgIpc) is 2.32. The SMILES string of the molecule is COC(CN)C(=O)Nc1ccccc1CC(N)=O. The number of anilines is 1. The van der Waals surface area contributed by atoms with Gasteiger partial charge in [-0.05, 0) is 11.6 Å². The van der Waals surface area contributed by atoms with Gasteiger partial charge in [0.25, 0.3) is 5.91 Å². The van der Waals surface area contributed by atoms with Crippen LogP contribution >= 0.6 is 0 Å². The molecule has 98 valence electrons. The van der Waals surface area contributed by atoms with Gasteiger partial charge >= 0.3 is 0 Å². The van der Waals surface area contributed by atoms with Crippen LogP contribution in [0.1, 0.15) is 5.56 Å². The summed E-state index contributed by atoms with van der Waals surface area (Å²) in [6.07, 6.45) is -0.650. The summed E-state index contributed by atoms with van der Waals surface area (Å²) in [5.41, 5.74) is 11.7. The van der Waals surface area contributed by atoms with Crippen LogP contribution in [0.3, 0.4) is 0 Å². The standard InChI is InChI=1S/C12H17N3O3/c1-18-10(7-13)12(17)15-9-5-3-2-4-8(9)6-11(14)16/h2-5,10H,6-7,13H2,1H3,(H2,14,16)(H,15,17). The molecule has 0 fully saturated rings. The molecule has 0 saturated heterocycles. The molecule has 6 nitrogen and oxygen atoms in total. The van der Waals surface area contributed by atoms with E-state index < -0.39 is 12.0 Å². The summed E-state index contributed by atoms with van der Waals surface area (Å²) in [7, 11) is 1.41. The van der Waals surface area contributed by atoms with Gasteiger partial charge in [-0.3, -0.25) is 9.59 Å². The van der Waals surface area contributed by atoms with Crippen LogP contribution in [0.4, 0.5) is 5.69 Å². The zero-order chi connectivity index (χ0) is 13.5.